The maximum atomic E-state index is 11.6. The molecule has 0 saturated carbocycles. The number of aromatic nitrogens is 2. The quantitative estimate of drug-likeness (QED) is 0.315. The first-order valence-corrected chi connectivity index (χ1v) is 5.41. The Morgan fingerprint density at radius 1 is 1.39 bits per heavy atom. The van der Waals surface area contributed by atoms with E-state index in [1.54, 1.807) is 7.11 Å². The van der Waals surface area contributed by atoms with E-state index in [4.69, 9.17) is 15.3 Å². The highest BCUT2D eigenvalue weighted by Crippen LogP contribution is 1.99. The SMILES string of the molecule is COCCOCCNC(=O)c1cncc(NN)n1. The molecule has 0 unspecified atom stereocenters. The van der Waals surface area contributed by atoms with Crippen molar-refractivity contribution in [2.45, 2.75) is 0 Å². The topological polar surface area (TPSA) is 111 Å². The van der Waals surface area contributed by atoms with Gasteiger partial charge in [0, 0.05) is 13.7 Å². The van der Waals surface area contributed by atoms with Crippen molar-refractivity contribution in [1.29, 1.82) is 0 Å². The van der Waals surface area contributed by atoms with Gasteiger partial charge in [-0.1, -0.05) is 0 Å². The second kappa shape index (κ2) is 8.34. The molecule has 0 spiro atoms. The van der Waals surface area contributed by atoms with Crippen LogP contribution in [0.15, 0.2) is 12.4 Å². The summed E-state index contributed by atoms with van der Waals surface area (Å²) in [6, 6.07) is 0. The number of carbonyl (C=O) groups is 1. The second-order valence-electron chi connectivity index (χ2n) is 3.29. The third-order valence-corrected chi connectivity index (χ3v) is 1.98. The Morgan fingerprint density at radius 2 is 2.22 bits per heavy atom. The van der Waals surface area contributed by atoms with Gasteiger partial charge in [-0.3, -0.25) is 9.78 Å². The predicted molar refractivity (Wildman–Crippen MR) is 64.9 cm³/mol. The largest absolute Gasteiger partial charge is 0.382 e. The molecule has 0 aliphatic rings. The number of nitrogens with two attached hydrogens (primary N) is 1. The molecule has 1 aromatic rings. The predicted octanol–water partition coefficient (Wildman–Crippen LogP) is -0.845. The molecule has 0 bridgehead atoms. The number of hydrogen-bond donors (Lipinski definition) is 3. The van der Waals surface area contributed by atoms with Crippen LogP contribution in [-0.4, -0.2) is 49.4 Å². The van der Waals surface area contributed by atoms with E-state index in [2.05, 4.69) is 20.7 Å². The molecule has 1 heterocycles. The molecule has 1 rings (SSSR count). The van der Waals surface area contributed by atoms with Crippen LogP contribution in [0.3, 0.4) is 0 Å². The number of nitrogen functional groups attached to an aromatic ring is 1. The van der Waals surface area contributed by atoms with Gasteiger partial charge < -0.3 is 20.2 Å². The zero-order valence-corrected chi connectivity index (χ0v) is 10.2. The number of hydrazine groups is 1. The second-order valence-corrected chi connectivity index (χ2v) is 3.29. The molecule has 0 aliphatic carbocycles. The lowest BCUT2D eigenvalue weighted by Crippen LogP contribution is -2.28. The van der Waals surface area contributed by atoms with Crippen LogP contribution in [0, 0.1) is 0 Å². The van der Waals surface area contributed by atoms with Crippen LogP contribution >= 0.6 is 0 Å². The number of rotatable bonds is 8. The molecule has 0 fully saturated rings. The van der Waals surface area contributed by atoms with Crippen molar-refractivity contribution in [3.8, 4) is 0 Å². The van der Waals surface area contributed by atoms with Crippen molar-refractivity contribution in [2.75, 3.05) is 38.9 Å². The smallest absolute Gasteiger partial charge is 0.271 e. The number of ether oxygens (including phenoxy) is 2. The van der Waals surface area contributed by atoms with Crippen LogP contribution in [0.1, 0.15) is 10.5 Å². The Labute approximate surface area is 105 Å². The fourth-order valence-electron chi connectivity index (χ4n) is 1.12. The highest BCUT2D eigenvalue weighted by atomic mass is 16.5. The van der Waals surface area contributed by atoms with Gasteiger partial charge in [0.15, 0.2) is 5.82 Å². The molecule has 8 heteroatoms. The molecular weight excluding hydrogens is 238 g/mol. The van der Waals surface area contributed by atoms with E-state index in [9.17, 15) is 4.79 Å². The lowest BCUT2D eigenvalue weighted by molar-refractivity contribution is 0.0691. The molecule has 0 radical (unpaired) electrons. The van der Waals surface area contributed by atoms with E-state index in [0.29, 0.717) is 32.2 Å². The molecule has 100 valence electrons. The first kappa shape index (κ1) is 14.3. The Morgan fingerprint density at radius 3 is 2.94 bits per heavy atom. The monoisotopic (exact) mass is 255 g/mol. The minimum atomic E-state index is -0.324. The van der Waals surface area contributed by atoms with Crippen LogP contribution < -0.4 is 16.6 Å². The zero-order valence-electron chi connectivity index (χ0n) is 10.2. The van der Waals surface area contributed by atoms with E-state index >= 15 is 0 Å². The van der Waals surface area contributed by atoms with Crippen molar-refractivity contribution in [1.82, 2.24) is 15.3 Å². The highest BCUT2D eigenvalue weighted by Gasteiger charge is 2.07. The van der Waals surface area contributed by atoms with Crippen molar-refractivity contribution >= 4 is 11.7 Å². The molecule has 4 N–H and O–H groups in total. The number of carbonyl (C=O) groups excluding carboxylic acids is 1. The average molecular weight is 255 g/mol. The van der Waals surface area contributed by atoms with Gasteiger partial charge in [0.2, 0.25) is 0 Å². The van der Waals surface area contributed by atoms with Gasteiger partial charge in [-0.25, -0.2) is 10.8 Å². The lowest BCUT2D eigenvalue weighted by atomic mass is 10.4. The van der Waals surface area contributed by atoms with Crippen molar-refractivity contribution < 1.29 is 14.3 Å². The fraction of sp³-hybridized carbons (Fsp3) is 0.500. The molecule has 0 aromatic carbocycles. The molecule has 8 nitrogen and oxygen atoms in total. The molecule has 1 aromatic heterocycles. The summed E-state index contributed by atoms with van der Waals surface area (Å²) in [5.74, 6) is 5.18. The molecule has 0 atom stereocenters. The van der Waals surface area contributed by atoms with Crippen molar-refractivity contribution in [3.05, 3.63) is 18.1 Å². The summed E-state index contributed by atoms with van der Waals surface area (Å²) in [7, 11) is 1.60. The Hall–Kier alpha value is -1.77. The molecule has 18 heavy (non-hydrogen) atoms. The number of anilines is 1. The van der Waals surface area contributed by atoms with E-state index < -0.39 is 0 Å². The number of nitrogens with one attached hydrogen (secondary N) is 2. The van der Waals surface area contributed by atoms with Gasteiger partial charge in [-0.15, -0.1) is 0 Å². The maximum absolute atomic E-state index is 11.6. The summed E-state index contributed by atoms with van der Waals surface area (Å²) in [5, 5.41) is 2.65. The van der Waals surface area contributed by atoms with Crippen LogP contribution in [0.2, 0.25) is 0 Å². The molecule has 0 aliphatic heterocycles. The fourth-order valence-corrected chi connectivity index (χ4v) is 1.12. The summed E-state index contributed by atoms with van der Waals surface area (Å²) in [4.78, 5) is 19.4. The van der Waals surface area contributed by atoms with Crippen LogP contribution in [0.4, 0.5) is 5.82 Å². The summed E-state index contributed by atoms with van der Waals surface area (Å²) in [6.07, 6.45) is 2.78. The van der Waals surface area contributed by atoms with Crippen molar-refractivity contribution in [3.63, 3.8) is 0 Å². The Bertz CT molecular complexity index is 374. The van der Waals surface area contributed by atoms with Crippen LogP contribution in [0.25, 0.3) is 0 Å². The normalized spacial score (nSPS) is 10.1. The maximum Gasteiger partial charge on any atom is 0.271 e. The first-order chi connectivity index (χ1) is 8.77. The first-order valence-electron chi connectivity index (χ1n) is 5.41. The van der Waals surface area contributed by atoms with Gasteiger partial charge in [0.25, 0.3) is 5.91 Å². The lowest BCUT2D eigenvalue weighted by Gasteiger charge is -2.06. The molecular formula is C10H17N5O3. The summed E-state index contributed by atoms with van der Waals surface area (Å²) < 4.78 is 10.0. The van der Waals surface area contributed by atoms with E-state index in [1.165, 1.54) is 12.4 Å². The van der Waals surface area contributed by atoms with Crippen LogP contribution in [-0.2, 0) is 9.47 Å². The third kappa shape index (κ3) is 5.04. The summed E-state index contributed by atoms with van der Waals surface area (Å²) in [5.41, 5.74) is 2.52. The molecule has 0 saturated heterocycles. The Balaban J connectivity index is 2.27. The van der Waals surface area contributed by atoms with Gasteiger partial charge in [0.05, 0.1) is 32.2 Å². The van der Waals surface area contributed by atoms with Gasteiger partial charge in [0.1, 0.15) is 5.69 Å². The standard InChI is InChI=1S/C10H17N5O3/c1-17-4-5-18-3-2-13-10(16)8-6-12-7-9(14-8)15-11/h6-7H,2-5,11H2,1H3,(H,13,16)(H,14,15). The number of hydrogen-bond acceptors (Lipinski definition) is 7. The highest BCUT2D eigenvalue weighted by molar-refractivity contribution is 5.92. The van der Waals surface area contributed by atoms with Crippen LogP contribution in [0.5, 0.6) is 0 Å². The van der Waals surface area contributed by atoms with Gasteiger partial charge >= 0.3 is 0 Å². The summed E-state index contributed by atoms with van der Waals surface area (Å²) >= 11 is 0. The third-order valence-electron chi connectivity index (χ3n) is 1.98. The number of nitrogens with zero attached hydrogens (tertiary/aromatic N) is 2. The number of amides is 1. The van der Waals surface area contributed by atoms with E-state index in [-0.39, 0.29) is 11.6 Å². The van der Waals surface area contributed by atoms with Gasteiger partial charge in [-0.2, -0.15) is 0 Å². The Kier molecular flexibility index (Phi) is 6.62. The van der Waals surface area contributed by atoms with E-state index in [0.717, 1.165) is 0 Å². The minimum absolute atomic E-state index is 0.197. The zero-order chi connectivity index (χ0) is 13.2. The minimum Gasteiger partial charge on any atom is -0.382 e. The molecule has 1 amide bonds. The van der Waals surface area contributed by atoms with E-state index in [1.807, 2.05) is 0 Å². The summed E-state index contributed by atoms with van der Waals surface area (Å²) in [6.45, 7) is 1.84. The van der Waals surface area contributed by atoms with Crippen molar-refractivity contribution in [2.24, 2.45) is 5.84 Å². The average Bonchev–Trinajstić information content (AvgIpc) is 2.42. The number of methoxy groups -OCH3 is 1. The van der Waals surface area contributed by atoms with Gasteiger partial charge in [-0.05, 0) is 0 Å².